The fourth-order valence-electron chi connectivity index (χ4n) is 2.18. The van der Waals surface area contributed by atoms with Crippen LogP contribution < -0.4 is 10.1 Å². The van der Waals surface area contributed by atoms with Crippen molar-refractivity contribution < 1.29 is 9.47 Å². The maximum absolute atomic E-state index is 5.73. The molecule has 1 fully saturated rings. The summed E-state index contributed by atoms with van der Waals surface area (Å²) < 4.78 is 11.1. The lowest BCUT2D eigenvalue weighted by Gasteiger charge is -2.22. The summed E-state index contributed by atoms with van der Waals surface area (Å²) in [6.45, 7) is 11.6. The van der Waals surface area contributed by atoms with Crippen molar-refractivity contribution in [1.29, 1.82) is 0 Å². The second-order valence-electron chi connectivity index (χ2n) is 6.73. The highest BCUT2D eigenvalue weighted by atomic mass is 16.5. The number of aromatic nitrogens is 2. The van der Waals surface area contributed by atoms with Crippen LogP contribution in [0.5, 0.6) is 6.01 Å². The fourth-order valence-corrected chi connectivity index (χ4v) is 2.18. The number of hydrogen-bond acceptors (Lipinski definition) is 5. The van der Waals surface area contributed by atoms with Crippen molar-refractivity contribution in [2.75, 3.05) is 19.8 Å². The molecule has 0 aromatic carbocycles. The monoisotopic (exact) mass is 293 g/mol. The maximum Gasteiger partial charge on any atom is 0.316 e. The molecule has 1 aromatic heterocycles. The number of nitrogens with zero attached hydrogens (tertiary/aromatic N) is 2. The normalized spacial score (nSPS) is 17.0. The van der Waals surface area contributed by atoms with E-state index in [9.17, 15) is 0 Å². The second-order valence-corrected chi connectivity index (χ2v) is 6.73. The van der Waals surface area contributed by atoms with Gasteiger partial charge >= 0.3 is 6.01 Å². The molecule has 0 atom stereocenters. The van der Waals surface area contributed by atoms with Crippen LogP contribution in [-0.4, -0.2) is 35.3 Å². The second kappa shape index (κ2) is 7.18. The third-order valence-electron chi connectivity index (χ3n) is 3.66. The summed E-state index contributed by atoms with van der Waals surface area (Å²) in [5, 5.41) is 3.45. The molecule has 1 aromatic rings. The van der Waals surface area contributed by atoms with Crippen LogP contribution in [0.3, 0.4) is 0 Å². The summed E-state index contributed by atoms with van der Waals surface area (Å²) in [5.74, 6) is 0.560. The van der Waals surface area contributed by atoms with E-state index in [-0.39, 0.29) is 5.54 Å². The molecule has 1 saturated heterocycles. The first-order chi connectivity index (χ1) is 9.94. The third-order valence-corrected chi connectivity index (χ3v) is 3.66. The fraction of sp³-hybridized carbons (Fsp3) is 0.750. The molecule has 0 radical (unpaired) electrons. The summed E-state index contributed by atoms with van der Waals surface area (Å²) in [5.41, 5.74) is 2.18. The Morgan fingerprint density at radius 3 is 2.67 bits per heavy atom. The van der Waals surface area contributed by atoms with Gasteiger partial charge in [-0.15, -0.1) is 0 Å². The average molecular weight is 293 g/mol. The van der Waals surface area contributed by atoms with Gasteiger partial charge in [0.2, 0.25) is 0 Å². The highest BCUT2D eigenvalue weighted by Crippen LogP contribution is 2.16. The van der Waals surface area contributed by atoms with E-state index in [0.717, 1.165) is 43.9 Å². The molecule has 0 amide bonds. The molecular weight excluding hydrogens is 266 g/mol. The zero-order valence-corrected chi connectivity index (χ0v) is 13.6. The minimum atomic E-state index is 0.0880. The Labute approximate surface area is 127 Å². The molecule has 21 heavy (non-hydrogen) atoms. The van der Waals surface area contributed by atoms with Gasteiger partial charge in [-0.05, 0) is 46.5 Å². The van der Waals surface area contributed by atoms with Crippen LogP contribution in [0.2, 0.25) is 0 Å². The SMILES string of the molecule is Cc1nc(OCC2CCOCC2)ncc1CNC(C)(C)C. The lowest BCUT2D eigenvalue weighted by molar-refractivity contribution is 0.0482. The lowest BCUT2D eigenvalue weighted by atomic mass is 10.0. The van der Waals surface area contributed by atoms with Gasteiger partial charge in [-0.25, -0.2) is 9.97 Å². The number of aryl methyl sites for hydroxylation is 1. The summed E-state index contributed by atoms with van der Waals surface area (Å²) in [6.07, 6.45) is 3.99. The van der Waals surface area contributed by atoms with E-state index in [1.54, 1.807) is 0 Å². The standard InChI is InChI=1S/C16H27N3O2/c1-12-14(10-18-16(2,3)4)9-17-15(19-12)21-11-13-5-7-20-8-6-13/h9,13,18H,5-8,10-11H2,1-4H3. The van der Waals surface area contributed by atoms with Crippen molar-refractivity contribution >= 4 is 0 Å². The number of nitrogens with one attached hydrogen (secondary N) is 1. The van der Waals surface area contributed by atoms with Gasteiger partial charge in [-0.3, -0.25) is 0 Å². The van der Waals surface area contributed by atoms with Crippen LogP contribution in [0.1, 0.15) is 44.9 Å². The first-order valence-corrected chi connectivity index (χ1v) is 7.72. The van der Waals surface area contributed by atoms with Gasteiger partial charge in [0.05, 0.1) is 6.61 Å². The number of rotatable bonds is 5. The van der Waals surface area contributed by atoms with E-state index in [1.165, 1.54) is 0 Å². The molecule has 0 unspecified atom stereocenters. The smallest absolute Gasteiger partial charge is 0.316 e. The molecule has 0 bridgehead atoms. The van der Waals surface area contributed by atoms with Gasteiger partial charge < -0.3 is 14.8 Å². The van der Waals surface area contributed by atoms with Gasteiger partial charge in [0.1, 0.15) is 0 Å². The van der Waals surface area contributed by atoms with Gasteiger partial charge in [0.15, 0.2) is 0 Å². The van der Waals surface area contributed by atoms with Crippen LogP contribution >= 0.6 is 0 Å². The van der Waals surface area contributed by atoms with Crippen LogP contribution in [0.4, 0.5) is 0 Å². The van der Waals surface area contributed by atoms with Gasteiger partial charge in [-0.1, -0.05) is 0 Å². The average Bonchev–Trinajstić information content (AvgIpc) is 2.44. The quantitative estimate of drug-likeness (QED) is 0.904. The highest BCUT2D eigenvalue weighted by Gasteiger charge is 2.15. The summed E-state index contributed by atoms with van der Waals surface area (Å²) >= 11 is 0. The largest absolute Gasteiger partial charge is 0.463 e. The molecule has 1 aliphatic heterocycles. The lowest BCUT2D eigenvalue weighted by Crippen LogP contribution is -2.35. The van der Waals surface area contributed by atoms with E-state index in [0.29, 0.717) is 18.5 Å². The van der Waals surface area contributed by atoms with Crippen molar-refractivity contribution in [2.24, 2.45) is 5.92 Å². The van der Waals surface area contributed by atoms with Crippen molar-refractivity contribution in [3.63, 3.8) is 0 Å². The molecule has 0 saturated carbocycles. The first kappa shape index (κ1) is 16.2. The van der Waals surface area contributed by atoms with Crippen molar-refractivity contribution in [1.82, 2.24) is 15.3 Å². The number of hydrogen-bond donors (Lipinski definition) is 1. The van der Waals surface area contributed by atoms with E-state index < -0.39 is 0 Å². The summed E-state index contributed by atoms with van der Waals surface area (Å²) in [4.78, 5) is 8.77. The van der Waals surface area contributed by atoms with Crippen LogP contribution in [-0.2, 0) is 11.3 Å². The van der Waals surface area contributed by atoms with E-state index in [4.69, 9.17) is 9.47 Å². The Bertz CT molecular complexity index is 451. The highest BCUT2D eigenvalue weighted by molar-refractivity contribution is 5.17. The van der Waals surface area contributed by atoms with Crippen LogP contribution in [0.25, 0.3) is 0 Å². The Hall–Kier alpha value is -1.20. The Balaban J connectivity index is 1.86. The molecule has 0 aliphatic carbocycles. The summed E-state index contributed by atoms with van der Waals surface area (Å²) in [7, 11) is 0. The molecule has 118 valence electrons. The Morgan fingerprint density at radius 2 is 2.05 bits per heavy atom. The van der Waals surface area contributed by atoms with E-state index in [1.807, 2.05) is 13.1 Å². The molecule has 1 aliphatic rings. The van der Waals surface area contributed by atoms with Crippen molar-refractivity contribution in [3.05, 3.63) is 17.5 Å². The Kier molecular flexibility index (Phi) is 5.53. The zero-order valence-electron chi connectivity index (χ0n) is 13.6. The first-order valence-electron chi connectivity index (χ1n) is 7.72. The molecule has 1 N–H and O–H groups in total. The predicted molar refractivity (Wildman–Crippen MR) is 82.4 cm³/mol. The van der Waals surface area contributed by atoms with Crippen LogP contribution in [0.15, 0.2) is 6.20 Å². The Morgan fingerprint density at radius 1 is 1.33 bits per heavy atom. The van der Waals surface area contributed by atoms with E-state index >= 15 is 0 Å². The molecular formula is C16H27N3O2. The number of ether oxygens (including phenoxy) is 2. The minimum absolute atomic E-state index is 0.0880. The molecule has 2 heterocycles. The topological polar surface area (TPSA) is 56.3 Å². The predicted octanol–water partition coefficient (Wildman–Crippen LogP) is 2.48. The molecule has 5 nitrogen and oxygen atoms in total. The zero-order chi connectivity index (χ0) is 15.3. The molecule has 2 rings (SSSR count). The van der Waals surface area contributed by atoms with Crippen molar-refractivity contribution in [3.8, 4) is 6.01 Å². The van der Waals surface area contributed by atoms with Crippen LogP contribution in [0, 0.1) is 12.8 Å². The maximum atomic E-state index is 5.73. The van der Waals surface area contributed by atoms with Crippen molar-refractivity contribution in [2.45, 2.75) is 52.6 Å². The van der Waals surface area contributed by atoms with Gasteiger partial charge in [0.25, 0.3) is 0 Å². The summed E-state index contributed by atoms with van der Waals surface area (Å²) in [6, 6.07) is 0.485. The molecule has 0 spiro atoms. The third kappa shape index (κ3) is 5.59. The molecule has 5 heteroatoms. The minimum Gasteiger partial charge on any atom is -0.463 e. The van der Waals surface area contributed by atoms with Gasteiger partial charge in [-0.2, -0.15) is 0 Å². The van der Waals surface area contributed by atoms with E-state index in [2.05, 4.69) is 36.1 Å². The van der Waals surface area contributed by atoms with Gasteiger partial charge in [0, 0.05) is 42.8 Å².